The van der Waals surface area contributed by atoms with Crippen molar-refractivity contribution < 1.29 is 4.79 Å². The Kier molecular flexibility index (Phi) is 9.65. The molecule has 0 bridgehead atoms. The van der Waals surface area contributed by atoms with Crippen LogP contribution in [-0.2, 0) is 4.79 Å². The molecule has 0 aromatic rings. The van der Waals surface area contributed by atoms with Crippen LogP contribution in [0.1, 0.15) is 58.8 Å². The summed E-state index contributed by atoms with van der Waals surface area (Å²) >= 11 is 0. The number of unbranched alkanes of at least 4 members (excludes halogenated alkanes) is 4. The highest BCUT2D eigenvalue weighted by atomic mass is 16.1. The standard InChI is InChI=1S/C13H26NO/c1-4-5-6-7-8-9-13(15)14-11-10-12(2)3/h12H,1,4-11H2,2-3H3,(H,14,15). The molecule has 0 spiro atoms. The second kappa shape index (κ2) is 10.0. The monoisotopic (exact) mass is 212 g/mol. The fourth-order valence-corrected chi connectivity index (χ4v) is 1.40. The van der Waals surface area contributed by atoms with Crippen molar-refractivity contribution in [1.29, 1.82) is 0 Å². The normalized spacial score (nSPS) is 10.7. The maximum atomic E-state index is 11.3. The molecule has 0 aliphatic heterocycles. The van der Waals surface area contributed by atoms with Crippen LogP contribution >= 0.6 is 0 Å². The van der Waals surface area contributed by atoms with Crippen LogP contribution in [0.25, 0.3) is 0 Å². The molecular formula is C13H26NO. The first-order valence-corrected chi connectivity index (χ1v) is 6.22. The second-order valence-electron chi connectivity index (χ2n) is 4.55. The molecule has 0 aromatic heterocycles. The molecule has 0 aliphatic carbocycles. The summed E-state index contributed by atoms with van der Waals surface area (Å²) in [6.45, 7) is 8.97. The van der Waals surface area contributed by atoms with Gasteiger partial charge in [0.15, 0.2) is 0 Å². The van der Waals surface area contributed by atoms with E-state index >= 15 is 0 Å². The van der Waals surface area contributed by atoms with Crippen LogP contribution in [0, 0.1) is 12.8 Å². The predicted octanol–water partition coefficient (Wildman–Crippen LogP) is 3.32. The SMILES string of the molecule is [CH2]CCCCCCC(=O)NCCC(C)C. The van der Waals surface area contributed by atoms with Gasteiger partial charge in [-0.25, -0.2) is 0 Å². The van der Waals surface area contributed by atoms with Crippen molar-refractivity contribution in [3.63, 3.8) is 0 Å². The summed E-state index contributed by atoms with van der Waals surface area (Å²) in [4.78, 5) is 11.3. The molecule has 1 N–H and O–H groups in total. The van der Waals surface area contributed by atoms with Crippen molar-refractivity contribution in [2.75, 3.05) is 6.54 Å². The number of rotatable bonds is 9. The number of nitrogens with one attached hydrogen (secondary N) is 1. The van der Waals surface area contributed by atoms with Gasteiger partial charge < -0.3 is 5.32 Å². The molecule has 0 heterocycles. The Balaban J connectivity index is 3.19. The average Bonchev–Trinajstić information content (AvgIpc) is 2.17. The van der Waals surface area contributed by atoms with Crippen molar-refractivity contribution in [3.05, 3.63) is 6.92 Å². The minimum absolute atomic E-state index is 0.213. The van der Waals surface area contributed by atoms with Crippen LogP contribution in [-0.4, -0.2) is 12.5 Å². The Labute approximate surface area is 94.8 Å². The van der Waals surface area contributed by atoms with Gasteiger partial charge in [0.05, 0.1) is 0 Å². The van der Waals surface area contributed by atoms with Crippen LogP contribution in [0.4, 0.5) is 0 Å². The molecule has 0 atom stereocenters. The first kappa shape index (κ1) is 14.5. The lowest BCUT2D eigenvalue weighted by Gasteiger charge is -2.06. The number of hydrogen-bond donors (Lipinski definition) is 1. The summed E-state index contributed by atoms with van der Waals surface area (Å²) in [5, 5.41) is 2.95. The highest BCUT2D eigenvalue weighted by Gasteiger charge is 2.00. The van der Waals surface area contributed by atoms with E-state index in [2.05, 4.69) is 26.1 Å². The van der Waals surface area contributed by atoms with E-state index in [0.29, 0.717) is 12.3 Å². The van der Waals surface area contributed by atoms with Crippen molar-refractivity contribution in [2.24, 2.45) is 5.92 Å². The summed E-state index contributed by atoms with van der Waals surface area (Å²) in [5.41, 5.74) is 0. The lowest BCUT2D eigenvalue weighted by Crippen LogP contribution is -2.24. The Bertz CT molecular complexity index is 155. The molecule has 2 nitrogen and oxygen atoms in total. The summed E-state index contributed by atoms with van der Waals surface area (Å²) in [6.07, 6.45) is 7.36. The third-order valence-electron chi connectivity index (χ3n) is 2.45. The van der Waals surface area contributed by atoms with E-state index in [9.17, 15) is 4.79 Å². The molecule has 1 amide bonds. The van der Waals surface area contributed by atoms with Crippen molar-refractivity contribution in [1.82, 2.24) is 5.32 Å². The third kappa shape index (κ3) is 11.4. The zero-order valence-electron chi connectivity index (χ0n) is 10.3. The van der Waals surface area contributed by atoms with E-state index in [1.807, 2.05) is 0 Å². The highest BCUT2D eigenvalue weighted by molar-refractivity contribution is 5.75. The summed E-state index contributed by atoms with van der Waals surface area (Å²) in [7, 11) is 0. The zero-order valence-corrected chi connectivity index (χ0v) is 10.3. The van der Waals surface area contributed by atoms with Crippen LogP contribution in [0.3, 0.4) is 0 Å². The lowest BCUT2D eigenvalue weighted by molar-refractivity contribution is -0.121. The minimum atomic E-state index is 0.213. The first-order valence-electron chi connectivity index (χ1n) is 6.22. The molecular weight excluding hydrogens is 186 g/mol. The molecule has 0 saturated heterocycles. The van der Waals surface area contributed by atoms with Gasteiger partial charge in [0, 0.05) is 13.0 Å². The molecule has 15 heavy (non-hydrogen) atoms. The Hall–Kier alpha value is -0.530. The molecule has 0 aliphatic rings. The minimum Gasteiger partial charge on any atom is -0.356 e. The lowest BCUT2D eigenvalue weighted by atomic mass is 10.1. The maximum Gasteiger partial charge on any atom is 0.219 e. The van der Waals surface area contributed by atoms with Crippen molar-refractivity contribution >= 4 is 5.91 Å². The number of carbonyl (C=O) groups excluding carboxylic acids is 1. The van der Waals surface area contributed by atoms with E-state index in [4.69, 9.17) is 0 Å². The number of hydrogen-bond acceptors (Lipinski definition) is 1. The van der Waals surface area contributed by atoms with Crippen molar-refractivity contribution in [3.8, 4) is 0 Å². The van der Waals surface area contributed by atoms with E-state index in [-0.39, 0.29) is 5.91 Å². The second-order valence-corrected chi connectivity index (χ2v) is 4.55. The van der Waals surface area contributed by atoms with Gasteiger partial charge in [0.1, 0.15) is 0 Å². The number of carbonyl (C=O) groups is 1. The molecule has 2 heteroatoms. The maximum absolute atomic E-state index is 11.3. The molecule has 0 aromatic carbocycles. The molecule has 0 fully saturated rings. The van der Waals surface area contributed by atoms with Crippen LogP contribution in [0.5, 0.6) is 0 Å². The van der Waals surface area contributed by atoms with Gasteiger partial charge >= 0.3 is 0 Å². The van der Waals surface area contributed by atoms with Gasteiger partial charge in [0.25, 0.3) is 0 Å². The summed E-state index contributed by atoms with van der Waals surface area (Å²) < 4.78 is 0. The van der Waals surface area contributed by atoms with E-state index in [0.717, 1.165) is 32.2 Å². The molecule has 0 unspecified atom stereocenters. The predicted molar refractivity (Wildman–Crippen MR) is 65.5 cm³/mol. The van der Waals surface area contributed by atoms with E-state index < -0.39 is 0 Å². The molecule has 1 radical (unpaired) electrons. The zero-order chi connectivity index (χ0) is 11.5. The summed E-state index contributed by atoms with van der Waals surface area (Å²) in [6, 6.07) is 0. The summed E-state index contributed by atoms with van der Waals surface area (Å²) in [5.74, 6) is 0.882. The fourth-order valence-electron chi connectivity index (χ4n) is 1.40. The van der Waals surface area contributed by atoms with Gasteiger partial charge in [-0.3, -0.25) is 4.79 Å². The van der Waals surface area contributed by atoms with Gasteiger partial charge in [-0.1, -0.05) is 46.5 Å². The molecule has 0 rings (SSSR count). The number of amides is 1. The van der Waals surface area contributed by atoms with Crippen LogP contribution in [0.15, 0.2) is 0 Å². The fraction of sp³-hybridized carbons (Fsp3) is 0.846. The van der Waals surface area contributed by atoms with Crippen LogP contribution in [0.2, 0.25) is 0 Å². The molecule has 89 valence electrons. The average molecular weight is 212 g/mol. The van der Waals surface area contributed by atoms with Gasteiger partial charge in [-0.2, -0.15) is 0 Å². The van der Waals surface area contributed by atoms with Gasteiger partial charge in [-0.05, 0) is 18.8 Å². The quantitative estimate of drug-likeness (QED) is 0.584. The van der Waals surface area contributed by atoms with Gasteiger partial charge in [0.2, 0.25) is 5.91 Å². The third-order valence-corrected chi connectivity index (χ3v) is 2.45. The Morgan fingerprint density at radius 3 is 2.47 bits per heavy atom. The molecule has 0 saturated carbocycles. The largest absolute Gasteiger partial charge is 0.356 e. The van der Waals surface area contributed by atoms with E-state index in [1.54, 1.807) is 0 Å². The first-order chi connectivity index (χ1) is 7.16. The highest BCUT2D eigenvalue weighted by Crippen LogP contribution is 2.04. The van der Waals surface area contributed by atoms with Crippen LogP contribution < -0.4 is 5.32 Å². The topological polar surface area (TPSA) is 29.1 Å². The van der Waals surface area contributed by atoms with E-state index in [1.165, 1.54) is 12.8 Å². The smallest absolute Gasteiger partial charge is 0.219 e. The van der Waals surface area contributed by atoms with Crippen molar-refractivity contribution in [2.45, 2.75) is 58.8 Å². The van der Waals surface area contributed by atoms with Gasteiger partial charge in [-0.15, -0.1) is 0 Å². The Morgan fingerprint density at radius 1 is 1.20 bits per heavy atom. The Morgan fingerprint density at radius 2 is 1.87 bits per heavy atom.